The second kappa shape index (κ2) is 12.2. The smallest absolute Gasteiger partial charge is 0.329 e. The summed E-state index contributed by atoms with van der Waals surface area (Å²) in [6.07, 6.45) is 4.75. The summed E-state index contributed by atoms with van der Waals surface area (Å²) in [5.41, 5.74) is 2.96. The summed E-state index contributed by atoms with van der Waals surface area (Å²) in [5.74, 6) is -2.08. The lowest BCUT2D eigenvalue weighted by Gasteiger charge is -2.28. The van der Waals surface area contributed by atoms with Gasteiger partial charge in [-0.1, -0.05) is 42.5 Å². The van der Waals surface area contributed by atoms with Crippen molar-refractivity contribution in [1.82, 2.24) is 9.78 Å². The summed E-state index contributed by atoms with van der Waals surface area (Å²) in [4.78, 5) is 10.7. The van der Waals surface area contributed by atoms with Crippen LogP contribution in [0.25, 0.3) is 22.4 Å². The predicted octanol–water partition coefficient (Wildman–Crippen LogP) is 5.33. The molecule has 0 bridgehead atoms. The Kier molecular flexibility index (Phi) is 8.83. The molecular formula is C28H32F2N2O4. The molecule has 0 unspecified atom stereocenters. The van der Waals surface area contributed by atoms with Crippen LogP contribution in [0.5, 0.6) is 0 Å². The number of aliphatic hydroxyl groups excluding tert-OH is 1. The number of aliphatic hydroxyl groups is 1. The van der Waals surface area contributed by atoms with Crippen LogP contribution in [-0.4, -0.2) is 45.8 Å². The number of benzene rings is 2. The highest BCUT2D eigenvalue weighted by atomic mass is 19.2. The molecule has 1 aromatic heterocycles. The number of aromatic nitrogens is 2. The van der Waals surface area contributed by atoms with E-state index in [1.165, 1.54) is 6.07 Å². The first-order chi connectivity index (χ1) is 17.5. The van der Waals surface area contributed by atoms with Gasteiger partial charge in [0.2, 0.25) is 0 Å². The average Bonchev–Trinajstić information content (AvgIpc) is 3.23. The van der Waals surface area contributed by atoms with Crippen molar-refractivity contribution in [2.24, 2.45) is 11.8 Å². The lowest BCUT2D eigenvalue weighted by atomic mass is 9.82. The summed E-state index contributed by atoms with van der Waals surface area (Å²) in [6.45, 7) is 0.797. The molecule has 4 rings (SSSR count). The van der Waals surface area contributed by atoms with Gasteiger partial charge in [-0.05, 0) is 56.4 Å². The van der Waals surface area contributed by atoms with Crippen LogP contribution in [0.15, 0.2) is 48.5 Å². The summed E-state index contributed by atoms with van der Waals surface area (Å²) in [6, 6.07) is 13.7. The number of carboxylic acids is 1. The number of hydrogen-bond acceptors (Lipinski definition) is 4. The van der Waals surface area contributed by atoms with Gasteiger partial charge in [0, 0.05) is 35.5 Å². The van der Waals surface area contributed by atoms with Gasteiger partial charge in [0.1, 0.15) is 12.3 Å². The Labute approximate surface area is 209 Å². The maximum atomic E-state index is 15.0. The van der Waals surface area contributed by atoms with Gasteiger partial charge in [0.15, 0.2) is 11.6 Å². The van der Waals surface area contributed by atoms with Crippen molar-refractivity contribution in [3.05, 3.63) is 65.9 Å². The SMILES string of the molecule is O=C(O)COC[C@H]1CC[C@@H](Cn2nc(-c3ccccc3)c(-c3cccc(F)c3F)c2CCCO)CC1. The van der Waals surface area contributed by atoms with Crippen LogP contribution >= 0.6 is 0 Å². The quantitative estimate of drug-likeness (QED) is 0.373. The molecule has 0 atom stereocenters. The fourth-order valence-electron chi connectivity index (χ4n) is 5.06. The number of ether oxygens (including phenoxy) is 1. The first-order valence-corrected chi connectivity index (χ1v) is 12.5. The molecule has 192 valence electrons. The highest BCUT2D eigenvalue weighted by molar-refractivity contribution is 5.83. The molecule has 1 aliphatic rings. The Morgan fingerprint density at radius 1 is 1.03 bits per heavy atom. The Balaban J connectivity index is 1.64. The van der Waals surface area contributed by atoms with Crippen LogP contribution in [0.4, 0.5) is 8.78 Å². The molecule has 0 saturated heterocycles. The van der Waals surface area contributed by atoms with Crippen LogP contribution in [0.1, 0.15) is 37.8 Å². The first-order valence-electron chi connectivity index (χ1n) is 12.5. The molecule has 0 amide bonds. The molecule has 1 heterocycles. The molecule has 6 nitrogen and oxygen atoms in total. The fourth-order valence-corrected chi connectivity index (χ4v) is 5.06. The molecule has 36 heavy (non-hydrogen) atoms. The van der Waals surface area contributed by atoms with Crippen LogP contribution < -0.4 is 0 Å². The van der Waals surface area contributed by atoms with Gasteiger partial charge < -0.3 is 14.9 Å². The van der Waals surface area contributed by atoms with Gasteiger partial charge in [0.05, 0.1) is 6.61 Å². The van der Waals surface area contributed by atoms with E-state index in [1.54, 1.807) is 6.07 Å². The molecular weight excluding hydrogens is 466 g/mol. The first kappa shape index (κ1) is 26.0. The zero-order chi connectivity index (χ0) is 25.5. The second-order valence-electron chi connectivity index (χ2n) is 9.44. The molecule has 0 spiro atoms. The van der Waals surface area contributed by atoms with E-state index < -0.39 is 17.6 Å². The molecule has 2 N–H and O–H groups in total. The molecule has 0 aliphatic heterocycles. The fraction of sp³-hybridized carbons (Fsp3) is 0.429. The number of carbonyl (C=O) groups is 1. The minimum absolute atomic E-state index is 0.0155. The van der Waals surface area contributed by atoms with Gasteiger partial charge in [0.25, 0.3) is 0 Å². The van der Waals surface area contributed by atoms with E-state index in [0.29, 0.717) is 49.1 Å². The van der Waals surface area contributed by atoms with Crippen molar-refractivity contribution in [2.45, 2.75) is 45.1 Å². The standard InChI is InChI=1S/C28H32F2N2O4/c29-23-9-4-8-22(27(23)30)26-24(10-5-15-33)32(31-28(26)21-6-2-1-3-7-21)16-19-11-13-20(14-12-19)17-36-18-25(34)35/h1-4,6-9,19-20,33H,5,10-18H2,(H,34,35)/t19-,20+. The van der Waals surface area contributed by atoms with E-state index >= 15 is 4.39 Å². The number of aliphatic carboxylic acids is 1. The zero-order valence-electron chi connectivity index (χ0n) is 20.2. The molecule has 1 aliphatic carbocycles. The van der Waals surface area contributed by atoms with E-state index in [-0.39, 0.29) is 18.8 Å². The lowest BCUT2D eigenvalue weighted by Crippen LogP contribution is -2.24. The van der Waals surface area contributed by atoms with Gasteiger partial charge in [-0.25, -0.2) is 13.6 Å². The Morgan fingerprint density at radius 2 is 1.75 bits per heavy atom. The Bertz CT molecular complexity index is 1160. The minimum atomic E-state index is -0.961. The Morgan fingerprint density at radius 3 is 2.44 bits per heavy atom. The summed E-state index contributed by atoms with van der Waals surface area (Å²) in [7, 11) is 0. The van der Waals surface area contributed by atoms with Crippen molar-refractivity contribution in [1.29, 1.82) is 0 Å². The van der Waals surface area contributed by atoms with Crippen molar-refractivity contribution in [3.8, 4) is 22.4 Å². The third kappa shape index (κ3) is 6.17. The van der Waals surface area contributed by atoms with Crippen LogP contribution in [0.2, 0.25) is 0 Å². The number of nitrogens with zero attached hydrogens (tertiary/aromatic N) is 2. The van der Waals surface area contributed by atoms with Crippen molar-refractivity contribution in [2.75, 3.05) is 19.8 Å². The van der Waals surface area contributed by atoms with Crippen LogP contribution in [0, 0.1) is 23.5 Å². The summed E-state index contributed by atoms with van der Waals surface area (Å²) < 4.78 is 36.5. The van der Waals surface area contributed by atoms with Crippen LogP contribution in [-0.2, 0) is 22.5 Å². The number of carboxylic acid groups (broad SMARTS) is 1. The monoisotopic (exact) mass is 498 g/mol. The van der Waals surface area contributed by atoms with Crippen molar-refractivity contribution in [3.63, 3.8) is 0 Å². The van der Waals surface area contributed by atoms with Gasteiger partial charge in [-0.15, -0.1) is 0 Å². The van der Waals surface area contributed by atoms with E-state index in [0.717, 1.165) is 43.0 Å². The summed E-state index contributed by atoms with van der Waals surface area (Å²) >= 11 is 0. The zero-order valence-corrected chi connectivity index (χ0v) is 20.2. The van der Waals surface area contributed by atoms with E-state index in [1.807, 2.05) is 35.0 Å². The molecule has 8 heteroatoms. The minimum Gasteiger partial charge on any atom is -0.480 e. The van der Waals surface area contributed by atoms with Crippen molar-refractivity contribution < 1.29 is 28.5 Å². The Hall–Kier alpha value is -3.10. The maximum absolute atomic E-state index is 15.0. The molecule has 1 fully saturated rings. The van der Waals surface area contributed by atoms with E-state index in [9.17, 15) is 14.3 Å². The van der Waals surface area contributed by atoms with Gasteiger partial charge in [-0.3, -0.25) is 4.68 Å². The largest absolute Gasteiger partial charge is 0.480 e. The third-order valence-corrected chi connectivity index (χ3v) is 6.87. The van der Waals surface area contributed by atoms with Gasteiger partial charge in [-0.2, -0.15) is 5.10 Å². The average molecular weight is 499 g/mol. The number of rotatable bonds is 11. The van der Waals surface area contributed by atoms with Gasteiger partial charge >= 0.3 is 5.97 Å². The normalized spacial score (nSPS) is 17.9. The molecule has 3 aromatic rings. The second-order valence-corrected chi connectivity index (χ2v) is 9.44. The summed E-state index contributed by atoms with van der Waals surface area (Å²) in [5, 5.41) is 23.2. The van der Waals surface area contributed by atoms with Crippen LogP contribution in [0.3, 0.4) is 0 Å². The third-order valence-electron chi connectivity index (χ3n) is 6.87. The number of hydrogen-bond donors (Lipinski definition) is 2. The van der Waals surface area contributed by atoms with E-state index in [4.69, 9.17) is 14.9 Å². The molecule has 2 aromatic carbocycles. The molecule has 0 radical (unpaired) electrons. The lowest BCUT2D eigenvalue weighted by molar-refractivity contribution is -0.142. The molecule has 1 saturated carbocycles. The van der Waals surface area contributed by atoms with Crippen molar-refractivity contribution >= 4 is 5.97 Å². The topological polar surface area (TPSA) is 84.6 Å². The van der Waals surface area contributed by atoms with E-state index in [2.05, 4.69) is 0 Å². The highest BCUT2D eigenvalue weighted by Crippen LogP contribution is 2.38. The highest BCUT2D eigenvalue weighted by Gasteiger charge is 2.27. The number of halogens is 2. The predicted molar refractivity (Wildman–Crippen MR) is 132 cm³/mol. The maximum Gasteiger partial charge on any atom is 0.329 e.